The zero-order valence-electron chi connectivity index (χ0n) is 18.1. The number of carbonyl (C=O) groups excluding carboxylic acids is 1. The van der Waals surface area contributed by atoms with Crippen LogP contribution >= 0.6 is 0 Å². The first-order valence-corrected chi connectivity index (χ1v) is 11.6. The fourth-order valence-corrected chi connectivity index (χ4v) is 5.49. The third-order valence-corrected chi connectivity index (χ3v) is 7.16. The predicted molar refractivity (Wildman–Crippen MR) is 124 cm³/mol. The zero-order valence-corrected chi connectivity index (χ0v) is 18.1. The molecule has 9 nitrogen and oxygen atoms in total. The van der Waals surface area contributed by atoms with Gasteiger partial charge in [0.05, 0.1) is 29.1 Å². The van der Waals surface area contributed by atoms with Crippen LogP contribution < -0.4 is 20.9 Å². The lowest BCUT2D eigenvalue weighted by atomic mass is 9.67. The summed E-state index contributed by atoms with van der Waals surface area (Å²) in [6, 6.07) is 4.05. The Bertz CT molecular complexity index is 1140. The summed E-state index contributed by atoms with van der Waals surface area (Å²) in [5.41, 5.74) is 4.48. The van der Waals surface area contributed by atoms with Crippen LogP contribution in [0.25, 0.3) is 11.0 Å². The summed E-state index contributed by atoms with van der Waals surface area (Å²) < 4.78 is 0. The lowest BCUT2D eigenvalue weighted by molar-refractivity contribution is 0.0908. The molecule has 1 amide bonds. The van der Waals surface area contributed by atoms with E-state index in [1.54, 1.807) is 6.20 Å². The third-order valence-electron chi connectivity index (χ3n) is 7.16. The fourth-order valence-electron chi connectivity index (χ4n) is 5.49. The first-order valence-electron chi connectivity index (χ1n) is 11.6. The van der Waals surface area contributed by atoms with E-state index in [9.17, 15) is 4.79 Å². The number of anilines is 3. The van der Waals surface area contributed by atoms with Crippen molar-refractivity contribution in [2.24, 2.45) is 0 Å². The average molecular weight is 433 g/mol. The van der Waals surface area contributed by atoms with Crippen LogP contribution in [0.1, 0.15) is 48.2 Å². The second-order valence-corrected chi connectivity index (χ2v) is 9.12. The summed E-state index contributed by atoms with van der Waals surface area (Å²) in [5.74, 6) is 1.16. The minimum Gasteiger partial charge on any atom is -0.368 e. The molecule has 0 aromatic carbocycles. The molecule has 3 aromatic rings. The Hall–Kier alpha value is -3.20. The van der Waals surface area contributed by atoms with Gasteiger partial charge in [-0.15, -0.1) is 0 Å². The van der Waals surface area contributed by atoms with Gasteiger partial charge in [0.1, 0.15) is 11.5 Å². The number of pyridine rings is 1. The Morgan fingerprint density at radius 1 is 1.03 bits per heavy atom. The molecule has 9 heteroatoms. The molecule has 5 heterocycles. The largest absolute Gasteiger partial charge is 0.368 e. The predicted octanol–water partition coefficient (Wildman–Crippen LogP) is 2.45. The monoisotopic (exact) mass is 432 g/mol. The van der Waals surface area contributed by atoms with Gasteiger partial charge in [-0.3, -0.25) is 4.79 Å². The number of aromatic amines is 1. The molecule has 1 saturated carbocycles. The molecule has 6 rings (SSSR count). The molecule has 0 radical (unpaired) electrons. The van der Waals surface area contributed by atoms with Gasteiger partial charge in [0.2, 0.25) is 5.95 Å². The molecular weight excluding hydrogens is 404 g/mol. The number of hydrogen-bond acceptors (Lipinski definition) is 7. The maximum absolute atomic E-state index is 12.6. The van der Waals surface area contributed by atoms with E-state index in [1.807, 2.05) is 12.3 Å². The van der Waals surface area contributed by atoms with Crippen molar-refractivity contribution in [2.75, 3.05) is 42.9 Å². The number of carbonyl (C=O) groups is 1. The van der Waals surface area contributed by atoms with Gasteiger partial charge in [-0.2, -0.15) is 0 Å². The lowest BCUT2D eigenvalue weighted by Crippen LogP contribution is -2.47. The van der Waals surface area contributed by atoms with Gasteiger partial charge >= 0.3 is 0 Å². The number of amides is 1. The molecule has 2 fully saturated rings. The first-order chi connectivity index (χ1) is 15.7. The Labute approximate surface area is 186 Å². The smallest absolute Gasteiger partial charge is 0.268 e. The molecule has 0 atom stereocenters. The fraction of sp³-hybridized carbons (Fsp3) is 0.478. The third kappa shape index (κ3) is 3.28. The van der Waals surface area contributed by atoms with Crippen molar-refractivity contribution in [1.82, 2.24) is 30.6 Å². The summed E-state index contributed by atoms with van der Waals surface area (Å²) in [4.78, 5) is 32.1. The molecule has 1 aliphatic carbocycles. The van der Waals surface area contributed by atoms with E-state index in [0.29, 0.717) is 24.0 Å². The average Bonchev–Trinajstić information content (AvgIpc) is 3.24. The Kier molecular flexibility index (Phi) is 4.71. The minimum absolute atomic E-state index is 0.0332. The second kappa shape index (κ2) is 7.74. The molecule has 2 aliphatic heterocycles. The van der Waals surface area contributed by atoms with Crippen LogP contribution in [0, 0.1) is 0 Å². The second-order valence-electron chi connectivity index (χ2n) is 9.12. The molecule has 3 aromatic heterocycles. The van der Waals surface area contributed by atoms with Crippen molar-refractivity contribution in [2.45, 2.75) is 37.5 Å². The van der Waals surface area contributed by atoms with E-state index >= 15 is 0 Å². The van der Waals surface area contributed by atoms with Crippen LogP contribution in [0.4, 0.5) is 17.5 Å². The highest BCUT2D eigenvalue weighted by Gasteiger charge is 2.43. The SMILES string of the molecule is O=C1NCC2(CCCCC2)c2c1[nH]c1cnc(Nc3ccc(N4CCNCC4)cn3)nc21. The van der Waals surface area contributed by atoms with Gasteiger partial charge in [0.25, 0.3) is 5.91 Å². The van der Waals surface area contributed by atoms with Crippen molar-refractivity contribution < 1.29 is 4.79 Å². The summed E-state index contributed by atoms with van der Waals surface area (Å²) >= 11 is 0. The van der Waals surface area contributed by atoms with Crippen LogP contribution in [0.15, 0.2) is 24.5 Å². The minimum atomic E-state index is -0.0473. The Morgan fingerprint density at radius 3 is 2.66 bits per heavy atom. The number of nitrogens with zero attached hydrogens (tertiary/aromatic N) is 4. The molecule has 1 saturated heterocycles. The normalized spacial score (nSPS) is 20.2. The van der Waals surface area contributed by atoms with Crippen molar-refractivity contribution >= 4 is 34.4 Å². The van der Waals surface area contributed by atoms with Gasteiger partial charge in [0, 0.05) is 43.7 Å². The highest BCUT2D eigenvalue weighted by molar-refractivity contribution is 6.02. The maximum Gasteiger partial charge on any atom is 0.268 e. The van der Waals surface area contributed by atoms with E-state index < -0.39 is 0 Å². The summed E-state index contributed by atoms with van der Waals surface area (Å²) in [5, 5.41) is 9.71. The first kappa shape index (κ1) is 19.5. The van der Waals surface area contributed by atoms with E-state index in [0.717, 1.165) is 61.3 Å². The Balaban J connectivity index is 1.31. The quantitative estimate of drug-likeness (QED) is 0.503. The molecule has 166 valence electrons. The summed E-state index contributed by atoms with van der Waals surface area (Å²) in [6.45, 7) is 4.65. The van der Waals surface area contributed by atoms with E-state index in [4.69, 9.17) is 4.98 Å². The maximum atomic E-state index is 12.6. The van der Waals surface area contributed by atoms with Crippen molar-refractivity contribution in [3.63, 3.8) is 0 Å². The zero-order chi connectivity index (χ0) is 21.5. The van der Waals surface area contributed by atoms with Gasteiger partial charge in [-0.25, -0.2) is 15.0 Å². The molecule has 0 unspecified atom stereocenters. The van der Waals surface area contributed by atoms with Gasteiger partial charge in [-0.1, -0.05) is 19.3 Å². The van der Waals surface area contributed by atoms with Crippen LogP contribution in [0.5, 0.6) is 0 Å². The van der Waals surface area contributed by atoms with Crippen LogP contribution in [0.3, 0.4) is 0 Å². The number of piperazine rings is 1. The number of rotatable bonds is 3. The van der Waals surface area contributed by atoms with Crippen LogP contribution in [-0.2, 0) is 5.41 Å². The van der Waals surface area contributed by atoms with Crippen LogP contribution in [-0.4, -0.2) is 58.6 Å². The van der Waals surface area contributed by atoms with Crippen molar-refractivity contribution in [3.05, 3.63) is 35.8 Å². The molecule has 32 heavy (non-hydrogen) atoms. The molecule has 1 spiro atoms. The molecular formula is C23H28N8O. The van der Waals surface area contributed by atoms with E-state index in [2.05, 4.69) is 41.9 Å². The molecule has 4 N–H and O–H groups in total. The number of nitrogens with one attached hydrogen (secondary N) is 4. The van der Waals surface area contributed by atoms with E-state index in [-0.39, 0.29) is 11.3 Å². The van der Waals surface area contributed by atoms with E-state index in [1.165, 1.54) is 19.3 Å². The summed E-state index contributed by atoms with van der Waals surface area (Å²) in [7, 11) is 0. The lowest BCUT2D eigenvalue weighted by Gasteiger charge is -2.40. The number of hydrogen-bond donors (Lipinski definition) is 4. The number of aromatic nitrogens is 4. The standard InChI is InChI=1S/C23H28N8O/c32-21-20-18(23(14-27-21)6-2-1-3-7-23)19-16(28-20)13-26-22(30-19)29-17-5-4-15(12-25-17)31-10-8-24-9-11-31/h4-5,12-13,24,28H,1-3,6-11,14H2,(H,27,32)(H,25,26,29,30). The molecule has 0 bridgehead atoms. The highest BCUT2D eigenvalue weighted by Crippen LogP contribution is 2.45. The van der Waals surface area contributed by atoms with Crippen molar-refractivity contribution in [1.29, 1.82) is 0 Å². The summed E-state index contributed by atoms with van der Waals surface area (Å²) in [6.07, 6.45) is 9.44. The van der Waals surface area contributed by atoms with Crippen molar-refractivity contribution in [3.8, 4) is 0 Å². The molecule has 3 aliphatic rings. The van der Waals surface area contributed by atoms with Gasteiger partial charge in [-0.05, 0) is 25.0 Å². The van der Waals surface area contributed by atoms with Gasteiger partial charge in [0.15, 0.2) is 0 Å². The number of H-pyrrole nitrogens is 1. The highest BCUT2D eigenvalue weighted by atomic mass is 16.2. The van der Waals surface area contributed by atoms with Crippen LogP contribution in [0.2, 0.25) is 0 Å². The topological polar surface area (TPSA) is 111 Å². The Morgan fingerprint density at radius 2 is 1.88 bits per heavy atom. The van der Waals surface area contributed by atoms with Gasteiger partial charge < -0.3 is 25.8 Å². The number of fused-ring (bicyclic) bond motifs is 4.